The molecular weight excluding hydrogens is 521 g/mol. The van der Waals surface area contributed by atoms with Gasteiger partial charge in [0.05, 0.1) is 24.0 Å². The zero-order valence-electron chi connectivity index (χ0n) is 23.2. The van der Waals surface area contributed by atoms with Crippen LogP contribution in [0.1, 0.15) is 31.2 Å². The molecule has 41 heavy (non-hydrogen) atoms. The Labute approximate surface area is 238 Å². The summed E-state index contributed by atoms with van der Waals surface area (Å²) in [6.45, 7) is 7.27. The molecule has 9 nitrogen and oxygen atoms in total. The van der Waals surface area contributed by atoms with Gasteiger partial charge in [0.15, 0.2) is 5.65 Å². The number of piperidine rings is 2. The van der Waals surface area contributed by atoms with E-state index in [2.05, 4.69) is 49.0 Å². The van der Waals surface area contributed by atoms with Crippen molar-refractivity contribution in [3.8, 4) is 5.69 Å². The van der Waals surface area contributed by atoms with Crippen LogP contribution in [-0.4, -0.2) is 85.1 Å². The first-order valence-electron chi connectivity index (χ1n) is 14.7. The van der Waals surface area contributed by atoms with Gasteiger partial charge in [-0.1, -0.05) is 12.1 Å². The van der Waals surface area contributed by atoms with Gasteiger partial charge in [-0.05, 0) is 67.6 Å². The molecule has 0 spiro atoms. The van der Waals surface area contributed by atoms with Gasteiger partial charge in [-0.25, -0.2) is 14.1 Å². The number of hydrogen-bond donors (Lipinski definition) is 1. The Balaban J connectivity index is 0.979. The molecule has 0 radical (unpaired) electrons. The summed E-state index contributed by atoms with van der Waals surface area (Å²) in [5.41, 5.74) is 2.43. The maximum absolute atomic E-state index is 13.3. The van der Waals surface area contributed by atoms with Crippen LogP contribution in [0.5, 0.6) is 0 Å². The molecule has 0 aliphatic carbocycles. The summed E-state index contributed by atoms with van der Waals surface area (Å²) >= 11 is 0. The molecule has 4 aromatic rings. The molecule has 0 atom stereocenters. The van der Waals surface area contributed by atoms with Crippen molar-refractivity contribution in [3.05, 3.63) is 82.8 Å². The van der Waals surface area contributed by atoms with Crippen LogP contribution < -0.4 is 10.5 Å². The summed E-state index contributed by atoms with van der Waals surface area (Å²) in [5.74, 6) is -0.342. The first kappa shape index (κ1) is 26.3. The molecule has 4 aliphatic heterocycles. The average molecular weight is 558 g/mol. The van der Waals surface area contributed by atoms with E-state index in [1.165, 1.54) is 71.1 Å². The lowest BCUT2D eigenvalue weighted by Crippen LogP contribution is -2.47. The molecule has 0 saturated carbocycles. The van der Waals surface area contributed by atoms with Gasteiger partial charge in [0, 0.05) is 57.5 Å². The highest BCUT2D eigenvalue weighted by Crippen LogP contribution is 2.29. The molecular formula is C31H36FN7O2. The normalized spacial score (nSPS) is 22.7. The third-order valence-corrected chi connectivity index (χ3v) is 9.21. The molecule has 4 saturated heterocycles. The first-order chi connectivity index (χ1) is 19.9. The minimum atomic E-state index is -0.978. The number of aromatic nitrogens is 4. The number of hydrogen-bond acceptors (Lipinski definition) is 7. The van der Waals surface area contributed by atoms with Crippen LogP contribution in [0.2, 0.25) is 0 Å². The Morgan fingerprint density at radius 3 is 2.34 bits per heavy atom. The monoisotopic (exact) mass is 557 g/mol. The third-order valence-electron chi connectivity index (χ3n) is 9.21. The van der Waals surface area contributed by atoms with Crippen LogP contribution in [0.3, 0.4) is 0 Å². The van der Waals surface area contributed by atoms with Crippen LogP contribution in [-0.2, 0) is 13.1 Å². The van der Waals surface area contributed by atoms with E-state index in [4.69, 9.17) is 0 Å². The van der Waals surface area contributed by atoms with Gasteiger partial charge in [-0.15, -0.1) is 0 Å². The van der Waals surface area contributed by atoms with Crippen LogP contribution in [0.15, 0.2) is 65.8 Å². The number of aliphatic hydroxyl groups is 1. The Kier molecular flexibility index (Phi) is 6.84. The summed E-state index contributed by atoms with van der Waals surface area (Å²) in [7, 11) is 0. The van der Waals surface area contributed by atoms with Gasteiger partial charge in [0.1, 0.15) is 17.5 Å². The van der Waals surface area contributed by atoms with Crippen molar-refractivity contribution in [2.45, 2.75) is 50.4 Å². The van der Waals surface area contributed by atoms with Gasteiger partial charge in [0.2, 0.25) is 0 Å². The molecule has 2 aromatic heterocycles. The topological polar surface area (TPSA) is 82.7 Å². The van der Waals surface area contributed by atoms with Gasteiger partial charge < -0.3 is 14.9 Å². The molecule has 10 heteroatoms. The number of benzene rings is 2. The zero-order valence-corrected chi connectivity index (χ0v) is 23.2. The first-order valence-corrected chi connectivity index (χ1v) is 14.7. The second kappa shape index (κ2) is 10.7. The van der Waals surface area contributed by atoms with Crippen molar-refractivity contribution >= 4 is 16.7 Å². The minimum absolute atomic E-state index is 0.188. The molecule has 8 rings (SSSR count). The van der Waals surface area contributed by atoms with E-state index >= 15 is 0 Å². The summed E-state index contributed by atoms with van der Waals surface area (Å²) < 4.78 is 16.3. The lowest BCUT2D eigenvalue weighted by atomic mass is 9.91. The number of likely N-dealkylation sites (tertiary alicyclic amines) is 1. The molecule has 214 valence electrons. The maximum atomic E-state index is 13.3. The predicted molar refractivity (Wildman–Crippen MR) is 156 cm³/mol. The highest BCUT2D eigenvalue weighted by molar-refractivity contribution is 5.74. The van der Waals surface area contributed by atoms with E-state index in [-0.39, 0.29) is 17.9 Å². The van der Waals surface area contributed by atoms with Gasteiger partial charge in [0.25, 0.3) is 5.56 Å². The maximum Gasteiger partial charge on any atom is 0.264 e. The average Bonchev–Trinajstić information content (AvgIpc) is 3.19. The van der Waals surface area contributed by atoms with Crippen molar-refractivity contribution < 1.29 is 9.50 Å². The highest BCUT2D eigenvalue weighted by atomic mass is 19.1. The van der Waals surface area contributed by atoms with Crippen molar-refractivity contribution in [1.29, 1.82) is 0 Å². The lowest BCUT2D eigenvalue weighted by molar-refractivity contribution is -0.0364. The second-order valence-corrected chi connectivity index (χ2v) is 11.9. The van der Waals surface area contributed by atoms with Gasteiger partial charge in [-0.3, -0.25) is 14.3 Å². The fraction of sp³-hybridized carbons (Fsp3) is 0.452. The number of nitrogens with zero attached hydrogens (tertiary/aromatic N) is 7. The van der Waals surface area contributed by atoms with Crippen molar-refractivity contribution in [2.75, 3.05) is 44.2 Å². The number of halogens is 1. The number of anilines is 1. The molecule has 4 fully saturated rings. The van der Waals surface area contributed by atoms with E-state index in [0.717, 1.165) is 32.7 Å². The largest absolute Gasteiger partial charge is 0.388 e. The van der Waals surface area contributed by atoms with Crippen molar-refractivity contribution in [3.63, 3.8) is 0 Å². The number of fused-ring (bicyclic) bond motifs is 5. The Bertz CT molecular complexity index is 1570. The summed E-state index contributed by atoms with van der Waals surface area (Å²) in [6.07, 6.45) is 6.64. The molecule has 1 N–H and O–H groups in total. The van der Waals surface area contributed by atoms with Crippen LogP contribution >= 0.6 is 0 Å². The fourth-order valence-corrected chi connectivity index (χ4v) is 6.71. The summed E-state index contributed by atoms with van der Waals surface area (Å²) in [5, 5.41) is 16.1. The van der Waals surface area contributed by atoms with Gasteiger partial charge >= 0.3 is 0 Å². The fourth-order valence-electron chi connectivity index (χ4n) is 6.71. The molecule has 6 heterocycles. The van der Waals surface area contributed by atoms with Gasteiger partial charge in [-0.2, -0.15) is 5.10 Å². The molecule has 0 unspecified atom stereocenters. The Morgan fingerprint density at radius 2 is 1.61 bits per heavy atom. The van der Waals surface area contributed by atoms with Crippen LogP contribution in [0.25, 0.3) is 16.7 Å². The standard InChI is InChI=1S/C31H36FN7O2/c32-24-3-7-27(8-4-24)39-29-28(19-34-39)30(40)37(22-33-29)21-31(41)11-15-36(16-12-31)20-23-1-5-25(6-2-23)38-18-17-35-13-9-26(38)10-14-35/h1-8,19,22,26,41H,9-18,20-21H2. The Morgan fingerprint density at radius 1 is 0.902 bits per heavy atom. The van der Waals surface area contributed by atoms with Crippen molar-refractivity contribution in [2.24, 2.45) is 0 Å². The minimum Gasteiger partial charge on any atom is -0.388 e. The van der Waals surface area contributed by atoms with Crippen LogP contribution in [0, 0.1) is 5.82 Å². The van der Waals surface area contributed by atoms with Crippen LogP contribution in [0.4, 0.5) is 10.1 Å². The summed E-state index contributed by atoms with van der Waals surface area (Å²) in [4.78, 5) is 25.3. The van der Waals surface area contributed by atoms with E-state index < -0.39 is 5.60 Å². The molecule has 2 aromatic carbocycles. The third kappa shape index (κ3) is 5.27. The SMILES string of the molecule is O=c1c2cnn(-c3ccc(F)cc3)c2ncn1CC1(O)CCN(Cc2ccc(N3CCN4CCC3CC4)cc2)CC1. The van der Waals surface area contributed by atoms with E-state index in [9.17, 15) is 14.3 Å². The van der Waals surface area contributed by atoms with E-state index in [1.807, 2.05) is 0 Å². The Hall–Kier alpha value is -3.60. The van der Waals surface area contributed by atoms with E-state index in [0.29, 0.717) is 35.6 Å². The molecule has 0 amide bonds. The van der Waals surface area contributed by atoms with E-state index in [1.54, 1.807) is 12.1 Å². The molecule has 4 aliphatic rings. The molecule has 2 bridgehead atoms. The second-order valence-electron chi connectivity index (χ2n) is 11.9. The smallest absolute Gasteiger partial charge is 0.264 e. The zero-order chi connectivity index (χ0) is 28.0. The predicted octanol–water partition coefficient (Wildman–Crippen LogP) is 3.03. The van der Waals surface area contributed by atoms with Crippen molar-refractivity contribution in [1.82, 2.24) is 29.1 Å². The number of rotatable bonds is 6. The highest BCUT2D eigenvalue weighted by Gasteiger charge is 2.33. The quantitative estimate of drug-likeness (QED) is 0.390. The summed E-state index contributed by atoms with van der Waals surface area (Å²) in [6, 6.07) is 15.6. The lowest BCUT2D eigenvalue weighted by Gasteiger charge is -2.38.